The van der Waals surface area contributed by atoms with Crippen LogP contribution in [0.2, 0.25) is 0 Å². The fraction of sp³-hybridized carbons (Fsp3) is 0.190. The fourth-order valence-electron chi connectivity index (χ4n) is 3.09. The van der Waals surface area contributed by atoms with Crippen LogP contribution in [0.5, 0.6) is 0 Å². The zero-order chi connectivity index (χ0) is 19.6. The van der Waals surface area contributed by atoms with Gasteiger partial charge in [0.2, 0.25) is 15.9 Å². The van der Waals surface area contributed by atoms with Gasteiger partial charge in [0.1, 0.15) is 6.54 Å². The number of carbonyl (C=O) groups excluding carboxylic acids is 1. The number of sulfonamides is 1. The standard InChI is InChI=1S/C21H22N2O3S/c1-15-10-16(2)12-20(11-15)23(27(3,25)26)14-21(24)22-19-9-8-17-6-4-5-7-18(17)13-19/h4-13H,14H2,1-3H3,(H,22,24). The van der Waals surface area contributed by atoms with Crippen molar-refractivity contribution in [3.63, 3.8) is 0 Å². The molecule has 0 aliphatic carbocycles. The van der Waals surface area contributed by atoms with Gasteiger partial charge >= 0.3 is 0 Å². The highest BCUT2D eigenvalue weighted by atomic mass is 32.2. The third-order valence-corrected chi connectivity index (χ3v) is 5.36. The van der Waals surface area contributed by atoms with E-state index in [9.17, 15) is 13.2 Å². The summed E-state index contributed by atoms with van der Waals surface area (Å²) in [5.74, 6) is -0.394. The molecule has 0 radical (unpaired) electrons. The van der Waals surface area contributed by atoms with E-state index in [4.69, 9.17) is 0 Å². The summed E-state index contributed by atoms with van der Waals surface area (Å²) < 4.78 is 25.7. The van der Waals surface area contributed by atoms with Gasteiger partial charge in [0, 0.05) is 5.69 Å². The minimum atomic E-state index is -3.60. The molecule has 0 fully saturated rings. The first-order valence-corrected chi connectivity index (χ1v) is 10.4. The molecule has 0 bridgehead atoms. The van der Waals surface area contributed by atoms with Crippen molar-refractivity contribution in [3.05, 3.63) is 71.8 Å². The van der Waals surface area contributed by atoms with Gasteiger partial charge < -0.3 is 5.32 Å². The van der Waals surface area contributed by atoms with Crippen molar-refractivity contribution < 1.29 is 13.2 Å². The quantitative estimate of drug-likeness (QED) is 0.729. The Hall–Kier alpha value is -2.86. The summed E-state index contributed by atoms with van der Waals surface area (Å²) in [6.07, 6.45) is 1.11. The first kappa shape index (κ1) is 18.9. The van der Waals surface area contributed by atoms with Crippen molar-refractivity contribution in [1.29, 1.82) is 0 Å². The van der Waals surface area contributed by atoms with Crippen molar-refractivity contribution in [2.75, 3.05) is 22.4 Å². The smallest absolute Gasteiger partial charge is 0.245 e. The van der Waals surface area contributed by atoms with E-state index in [1.54, 1.807) is 12.1 Å². The van der Waals surface area contributed by atoms with Gasteiger partial charge in [-0.05, 0) is 60.0 Å². The number of aryl methyl sites for hydroxylation is 2. The first-order chi connectivity index (χ1) is 12.7. The normalized spacial score (nSPS) is 11.4. The highest BCUT2D eigenvalue weighted by Crippen LogP contribution is 2.22. The number of hydrogen-bond acceptors (Lipinski definition) is 3. The predicted octanol–water partition coefficient (Wildman–Crippen LogP) is 3.86. The van der Waals surface area contributed by atoms with Crippen molar-refractivity contribution in [1.82, 2.24) is 0 Å². The van der Waals surface area contributed by atoms with E-state index in [0.29, 0.717) is 11.4 Å². The van der Waals surface area contributed by atoms with E-state index < -0.39 is 15.9 Å². The highest BCUT2D eigenvalue weighted by molar-refractivity contribution is 7.92. The lowest BCUT2D eigenvalue weighted by Crippen LogP contribution is -2.37. The van der Waals surface area contributed by atoms with Crippen LogP contribution >= 0.6 is 0 Å². The first-order valence-electron chi connectivity index (χ1n) is 8.57. The van der Waals surface area contributed by atoms with E-state index in [-0.39, 0.29) is 6.54 Å². The third-order valence-electron chi connectivity index (χ3n) is 4.22. The number of anilines is 2. The lowest BCUT2D eigenvalue weighted by Gasteiger charge is -2.23. The van der Waals surface area contributed by atoms with E-state index in [1.807, 2.05) is 62.4 Å². The van der Waals surface area contributed by atoms with Gasteiger partial charge in [0.05, 0.1) is 11.9 Å². The van der Waals surface area contributed by atoms with E-state index in [1.165, 1.54) is 0 Å². The third kappa shape index (κ3) is 4.65. The number of nitrogens with one attached hydrogen (secondary N) is 1. The maximum Gasteiger partial charge on any atom is 0.245 e. The van der Waals surface area contributed by atoms with Gasteiger partial charge in [-0.25, -0.2) is 8.42 Å². The molecule has 0 saturated carbocycles. The van der Waals surface area contributed by atoms with Crippen molar-refractivity contribution in [2.24, 2.45) is 0 Å². The Morgan fingerprint density at radius 3 is 2.19 bits per heavy atom. The van der Waals surface area contributed by atoms with Gasteiger partial charge in [-0.3, -0.25) is 9.10 Å². The number of carbonyl (C=O) groups is 1. The largest absolute Gasteiger partial charge is 0.324 e. The zero-order valence-electron chi connectivity index (χ0n) is 15.6. The Kier molecular flexibility index (Phi) is 5.19. The molecular weight excluding hydrogens is 360 g/mol. The number of fused-ring (bicyclic) bond motifs is 1. The molecule has 1 N–H and O–H groups in total. The fourth-order valence-corrected chi connectivity index (χ4v) is 3.93. The van der Waals surface area contributed by atoms with Crippen LogP contribution in [0.3, 0.4) is 0 Å². The molecule has 0 unspecified atom stereocenters. The van der Waals surface area contributed by atoms with Gasteiger partial charge in [-0.2, -0.15) is 0 Å². The van der Waals surface area contributed by atoms with Crippen molar-refractivity contribution in [3.8, 4) is 0 Å². The summed E-state index contributed by atoms with van der Waals surface area (Å²) in [6.45, 7) is 3.51. The minimum absolute atomic E-state index is 0.283. The molecule has 5 nitrogen and oxygen atoms in total. The van der Waals surface area contributed by atoms with E-state index >= 15 is 0 Å². The molecule has 3 rings (SSSR count). The molecule has 27 heavy (non-hydrogen) atoms. The highest BCUT2D eigenvalue weighted by Gasteiger charge is 2.21. The molecule has 1 amide bonds. The van der Waals surface area contributed by atoms with Crippen LogP contribution in [-0.4, -0.2) is 27.1 Å². The molecule has 0 aliphatic rings. The van der Waals surface area contributed by atoms with E-state index in [2.05, 4.69) is 5.32 Å². The molecule has 6 heteroatoms. The Balaban J connectivity index is 1.83. The van der Waals surface area contributed by atoms with Crippen molar-refractivity contribution in [2.45, 2.75) is 13.8 Å². The van der Waals surface area contributed by atoms with Gasteiger partial charge in [-0.1, -0.05) is 36.4 Å². The number of hydrogen-bond donors (Lipinski definition) is 1. The molecule has 0 spiro atoms. The maximum atomic E-state index is 12.5. The molecule has 0 aliphatic heterocycles. The molecule has 3 aromatic rings. The summed E-state index contributed by atoms with van der Waals surface area (Å²) in [6, 6.07) is 18.9. The number of benzene rings is 3. The molecule has 0 heterocycles. The molecular formula is C21H22N2O3S. The average Bonchev–Trinajstić information content (AvgIpc) is 2.57. The number of nitrogens with zero attached hydrogens (tertiary/aromatic N) is 1. The topological polar surface area (TPSA) is 66.5 Å². The predicted molar refractivity (Wildman–Crippen MR) is 111 cm³/mol. The van der Waals surface area contributed by atoms with Gasteiger partial charge in [0.15, 0.2) is 0 Å². The van der Waals surface area contributed by atoms with Gasteiger partial charge in [-0.15, -0.1) is 0 Å². The van der Waals surface area contributed by atoms with E-state index in [0.717, 1.165) is 32.5 Å². The van der Waals surface area contributed by atoms with Crippen LogP contribution in [0.1, 0.15) is 11.1 Å². The SMILES string of the molecule is Cc1cc(C)cc(N(CC(=O)Nc2ccc3ccccc3c2)S(C)(=O)=O)c1. The Morgan fingerprint density at radius 2 is 1.56 bits per heavy atom. The second-order valence-electron chi connectivity index (χ2n) is 6.73. The number of amides is 1. The summed E-state index contributed by atoms with van der Waals surface area (Å²) in [7, 11) is -3.60. The van der Waals surface area contributed by atoms with Crippen LogP contribution < -0.4 is 9.62 Å². The van der Waals surface area contributed by atoms with Gasteiger partial charge in [0.25, 0.3) is 0 Å². The van der Waals surface area contributed by atoms with Crippen LogP contribution in [0.25, 0.3) is 10.8 Å². The van der Waals surface area contributed by atoms with Crippen LogP contribution in [0, 0.1) is 13.8 Å². The average molecular weight is 382 g/mol. The lowest BCUT2D eigenvalue weighted by molar-refractivity contribution is -0.114. The van der Waals surface area contributed by atoms with Crippen LogP contribution in [0.4, 0.5) is 11.4 Å². The zero-order valence-corrected chi connectivity index (χ0v) is 16.4. The monoisotopic (exact) mass is 382 g/mol. The summed E-state index contributed by atoms with van der Waals surface area (Å²) >= 11 is 0. The number of rotatable bonds is 5. The summed E-state index contributed by atoms with van der Waals surface area (Å²) in [5.41, 5.74) is 3.00. The summed E-state index contributed by atoms with van der Waals surface area (Å²) in [4.78, 5) is 12.5. The second kappa shape index (κ2) is 7.40. The summed E-state index contributed by atoms with van der Waals surface area (Å²) in [5, 5.41) is 4.87. The van der Waals surface area contributed by atoms with Crippen LogP contribution in [-0.2, 0) is 14.8 Å². The molecule has 0 saturated heterocycles. The Bertz CT molecular complexity index is 1090. The Labute approximate surface area is 159 Å². The minimum Gasteiger partial charge on any atom is -0.324 e. The second-order valence-corrected chi connectivity index (χ2v) is 8.63. The molecule has 3 aromatic carbocycles. The van der Waals surface area contributed by atoms with Crippen LogP contribution in [0.15, 0.2) is 60.7 Å². The van der Waals surface area contributed by atoms with Crippen molar-refractivity contribution >= 4 is 38.1 Å². The maximum absolute atomic E-state index is 12.5. The lowest BCUT2D eigenvalue weighted by atomic mass is 10.1. The Morgan fingerprint density at radius 1 is 0.926 bits per heavy atom. The molecule has 140 valence electrons. The molecule has 0 aromatic heterocycles. The molecule has 0 atom stereocenters.